The van der Waals surface area contributed by atoms with Crippen LogP contribution in [0.1, 0.15) is 0 Å². The molecule has 0 aromatic heterocycles. The topological polar surface area (TPSA) is 115 Å². The molecule has 0 aliphatic carbocycles. The molecule has 0 aromatic carbocycles. The monoisotopic (exact) mass is 516 g/mol. The van der Waals surface area contributed by atoms with Crippen LogP contribution in [0.2, 0.25) is 0 Å². The average molecular weight is 513 g/mol. The zero-order valence-electron chi connectivity index (χ0n) is 4.61. The van der Waals surface area contributed by atoms with Crippen LogP contribution in [0.4, 0.5) is 0 Å². The van der Waals surface area contributed by atoms with Crippen molar-refractivity contribution in [2.24, 2.45) is 0 Å². The average Bonchev–Trinajstić information content (AvgIpc) is 1.25. The molecule has 0 fully saturated rings. The largest absolute Gasteiger partial charge is 0.761 e. The van der Waals surface area contributed by atoms with E-state index in [1.54, 1.807) is 0 Å². The summed E-state index contributed by atoms with van der Waals surface area (Å²) in [6.07, 6.45) is 0. The molecule has 0 radical (unpaired) electrons. The molecule has 0 bridgehead atoms. The first-order valence-corrected chi connectivity index (χ1v) is 3.91. The van der Waals surface area contributed by atoms with E-state index in [0.717, 1.165) is 0 Å². The first-order valence-electron chi connectivity index (χ1n) is 1.30. The van der Waals surface area contributed by atoms with Gasteiger partial charge in [-0.15, -0.1) is 0 Å². The SMILES string of the molecule is O=[Si](O)O.O=[Si](O)O.[Hf].[Hf]. The van der Waals surface area contributed by atoms with E-state index in [-0.39, 0.29) is 51.7 Å². The Morgan fingerprint density at radius 3 is 0.700 bits per heavy atom. The number of rotatable bonds is 0. The Morgan fingerprint density at radius 2 is 0.700 bits per heavy atom. The molecule has 0 heterocycles. The normalized spacial score (nSPS) is 4.80. The summed E-state index contributed by atoms with van der Waals surface area (Å²) in [4.78, 5) is 28.6. The van der Waals surface area contributed by atoms with Crippen molar-refractivity contribution in [3.63, 3.8) is 0 Å². The van der Waals surface area contributed by atoms with Crippen LogP contribution in [0.25, 0.3) is 0 Å². The minimum Gasteiger partial charge on any atom is -0.511 e. The minimum atomic E-state index is -3.13. The molecule has 0 saturated heterocycles. The van der Waals surface area contributed by atoms with Crippen molar-refractivity contribution in [3.8, 4) is 0 Å². The van der Waals surface area contributed by atoms with Gasteiger partial charge in [0.05, 0.1) is 0 Å². The van der Waals surface area contributed by atoms with Gasteiger partial charge in [0.15, 0.2) is 0 Å². The van der Waals surface area contributed by atoms with Gasteiger partial charge in [-0.05, 0) is 0 Å². The van der Waals surface area contributed by atoms with Gasteiger partial charge in [-0.25, -0.2) is 0 Å². The number of hydrogen-bond donors (Lipinski definition) is 4. The zero-order chi connectivity index (χ0) is 7.15. The fourth-order valence-corrected chi connectivity index (χ4v) is 0. The van der Waals surface area contributed by atoms with Crippen LogP contribution < -0.4 is 0 Å². The molecule has 0 atom stereocenters. The van der Waals surface area contributed by atoms with Crippen molar-refractivity contribution in [1.82, 2.24) is 0 Å². The molecule has 10 heavy (non-hydrogen) atoms. The molecule has 0 saturated carbocycles. The maximum absolute atomic E-state index is 8.74. The minimum absolute atomic E-state index is 0. The molecule has 0 amide bonds. The van der Waals surface area contributed by atoms with Gasteiger partial charge in [-0.1, -0.05) is 0 Å². The molecular weight excluding hydrogens is 509 g/mol. The second kappa shape index (κ2) is 16.5. The fraction of sp³-hybridized carbons (Fsp3) is 0. The third kappa shape index (κ3) is 601. The van der Waals surface area contributed by atoms with Crippen molar-refractivity contribution in [2.45, 2.75) is 0 Å². The second-order valence-corrected chi connectivity index (χ2v) is 1.70. The quantitative estimate of drug-likeness (QED) is 0.254. The predicted octanol–water partition coefficient (Wildman–Crippen LogP) is -3.23. The first-order chi connectivity index (χ1) is 3.46. The van der Waals surface area contributed by atoms with Crippen molar-refractivity contribution in [3.05, 3.63) is 0 Å². The molecule has 0 aliphatic rings. The summed E-state index contributed by atoms with van der Waals surface area (Å²) in [7, 11) is -6.26. The van der Waals surface area contributed by atoms with Crippen molar-refractivity contribution in [1.29, 1.82) is 0 Å². The molecule has 56 valence electrons. The van der Waals surface area contributed by atoms with E-state index in [9.17, 15) is 0 Å². The van der Waals surface area contributed by atoms with Crippen LogP contribution in [0.15, 0.2) is 0 Å². The van der Waals surface area contributed by atoms with Crippen LogP contribution in [0.5, 0.6) is 0 Å². The van der Waals surface area contributed by atoms with Gasteiger partial charge in [-0.2, -0.15) is 0 Å². The molecule has 0 spiro atoms. The number of hydrogen-bond acceptors (Lipinski definition) is 2. The van der Waals surface area contributed by atoms with Gasteiger partial charge in [0.25, 0.3) is 0 Å². The summed E-state index contributed by atoms with van der Waals surface area (Å²) in [5.74, 6) is 0. The van der Waals surface area contributed by atoms with E-state index < -0.39 is 18.3 Å². The third-order valence-electron chi connectivity index (χ3n) is 0. The van der Waals surface area contributed by atoms with Crippen LogP contribution >= 0.6 is 0 Å². The van der Waals surface area contributed by atoms with Crippen LogP contribution in [-0.2, 0) is 60.6 Å². The van der Waals surface area contributed by atoms with Gasteiger partial charge in [0, 0.05) is 51.7 Å². The van der Waals surface area contributed by atoms with E-state index in [4.69, 9.17) is 28.1 Å². The zero-order valence-corrected chi connectivity index (χ0v) is 13.8. The Labute approximate surface area is 97.3 Å². The molecule has 0 aromatic rings. The maximum Gasteiger partial charge on any atom is 0.761 e. The molecule has 0 rings (SSSR count). The Balaban J connectivity index is -0.0000000300. The van der Waals surface area contributed by atoms with Gasteiger partial charge in [0.1, 0.15) is 0 Å². The summed E-state index contributed by atoms with van der Waals surface area (Å²) in [5, 5.41) is 0. The Bertz CT molecular complexity index is 71.7. The van der Waals surface area contributed by atoms with E-state index in [1.165, 1.54) is 0 Å². The first kappa shape index (κ1) is 22.4. The Kier molecular flexibility index (Phi) is 37.1. The summed E-state index contributed by atoms with van der Waals surface area (Å²) in [6, 6.07) is 0. The molecule has 0 unspecified atom stereocenters. The second-order valence-electron chi connectivity index (χ2n) is 0.565. The van der Waals surface area contributed by atoms with Gasteiger partial charge >= 0.3 is 18.3 Å². The third-order valence-corrected chi connectivity index (χ3v) is 0. The van der Waals surface area contributed by atoms with E-state index in [0.29, 0.717) is 0 Å². The predicted molar refractivity (Wildman–Crippen MR) is 21.8 cm³/mol. The van der Waals surface area contributed by atoms with Crippen molar-refractivity contribution in [2.75, 3.05) is 0 Å². The van der Waals surface area contributed by atoms with Crippen LogP contribution in [0.3, 0.4) is 0 Å². The Hall–Kier alpha value is 0.974. The molecular formula is H4Hf2O6Si2. The summed E-state index contributed by atoms with van der Waals surface area (Å²) >= 11 is 0. The molecule has 0 aliphatic heterocycles. The summed E-state index contributed by atoms with van der Waals surface area (Å²) in [6.45, 7) is 0. The summed E-state index contributed by atoms with van der Waals surface area (Å²) < 4.78 is 17.5. The standard InChI is InChI=1S/2Hf.2H2O3Si/c;;2*1-4(2)3/h;;2*1-2H. The summed E-state index contributed by atoms with van der Waals surface area (Å²) in [5.41, 5.74) is 0. The van der Waals surface area contributed by atoms with Gasteiger partial charge in [-0.3, -0.25) is 8.92 Å². The van der Waals surface area contributed by atoms with E-state index in [1.807, 2.05) is 0 Å². The molecule has 4 N–H and O–H groups in total. The maximum atomic E-state index is 8.74. The van der Waals surface area contributed by atoms with Crippen molar-refractivity contribution >= 4 is 18.3 Å². The van der Waals surface area contributed by atoms with Crippen molar-refractivity contribution < 1.29 is 79.8 Å². The van der Waals surface area contributed by atoms with E-state index >= 15 is 0 Å². The van der Waals surface area contributed by atoms with E-state index in [2.05, 4.69) is 0 Å². The smallest absolute Gasteiger partial charge is 0.511 e. The molecule has 10 heteroatoms. The Morgan fingerprint density at radius 1 is 0.700 bits per heavy atom. The van der Waals surface area contributed by atoms with Gasteiger partial charge < -0.3 is 19.2 Å². The van der Waals surface area contributed by atoms with Gasteiger partial charge in [0.2, 0.25) is 0 Å². The van der Waals surface area contributed by atoms with Crippen LogP contribution in [0, 0.1) is 0 Å². The fourth-order valence-electron chi connectivity index (χ4n) is 0. The van der Waals surface area contributed by atoms with Crippen LogP contribution in [-0.4, -0.2) is 37.5 Å². The molecule has 6 nitrogen and oxygen atoms in total.